The quantitative estimate of drug-likeness (QED) is 0.716. The van der Waals surface area contributed by atoms with Crippen LogP contribution in [0.2, 0.25) is 0 Å². The van der Waals surface area contributed by atoms with Crippen molar-refractivity contribution < 1.29 is 4.74 Å². The molecule has 0 aliphatic carbocycles. The molecule has 1 aromatic rings. The molecule has 94 valence electrons. The molecule has 0 N–H and O–H groups in total. The first kappa shape index (κ1) is 12.5. The largest absolute Gasteiger partial charge is 0.493 e. The summed E-state index contributed by atoms with van der Waals surface area (Å²) >= 11 is 0. The minimum atomic E-state index is 0.577. The highest BCUT2D eigenvalue weighted by Crippen LogP contribution is 2.41. The maximum Gasteiger partial charge on any atom is 0.123 e. The SMILES string of the molecule is CC(C)c1cccc2c1C(C(C)C)CCCO2. The molecule has 0 fully saturated rings. The fourth-order valence-corrected chi connectivity index (χ4v) is 2.88. The fraction of sp³-hybridized carbons (Fsp3) is 0.625. The maximum absolute atomic E-state index is 5.92. The summed E-state index contributed by atoms with van der Waals surface area (Å²) in [6.07, 6.45) is 2.43. The molecular formula is C16H24O. The van der Waals surface area contributed by atoms with Gasteiger partial charge in [-0.15, -0.1) is 0 Å². The molecule has 1 unspecified atom stereocenters. The van der Waals surface area contributed by atoms with E-state index in [9.17, 15) is 0 Å². The van der Waals surface area contributed by atoms with Gasteiger partial charge in [-0.2, -0.15) is 0 Å². The second-order valence-corrected chi connectivity index (χ2v) is 5.75. The van der Waals surface area contributed by atoms with E-state index >= 15 is 0 Å². The zero-order chi connectivity index (χ0) is 12.4. The Bertz CT molecular complexity index is 379. The topological polar surface area (TPSA) is 9.23 Å². The fourth-order valence-electron chi connectivity index (χ4n) is 2.88. The van der Waals surface area contributed by atoms with Crippen LogP contribution >= 0.6 is 0 Å². The molecule has 1 aliphatic heterocycles. The van der Waals surface area contributed by atoms with E-state index in [0.717, 1.165) is 12.4 Å². The Morgan fingerprint density at radius 1 is 1.18 bits per heavy atom. The summed E-state index contributed by atoms with van der Waals surface area (Å²) in [4.78, 5) is 0. The van der Waals surface area contributed by atoms with Gasteiger partial charge < -0.3 is 4.74 Å². The van der Waals surface area contributed by atoms with Crippen molar-refractivity contribution in [2.45, 2.75) is 52.4 Å². The minimum Gasteiger partial charge on any atom is -0.493 e. The smallest absolute Gasteiger partial charge is 0.123 e. The van der Waals surface area contributed by atoms with Crippen molar-refractivity contribution in [3.8, 4) is 5.75 Å². The van der Waals surface area contributed by atoms with Gasteiger partial charge in [0.2, 0.25) is 0 Å². The normalized spacial score (nSPS) is 20.0. The Kier molecular flexibility index (Phi) is 3.76. The van der Waals surface area contributed by atoms with E-state index in [1.807, 2.05) is 0 Å². The second-order valence-electron chi connectivity index (χ2n) is 5.75. The first-order valence-corrected chi connectivity index (χ1v) is 6.87. The van der Waals surface area contributed by atoms with Crippen LogP contribution in [0.25, 0.3) is 0 Å². The molecule has 0 bridgehead atoms. The van der Waals surface area contributed by atoms with E-state index in [2.05, 4.69) is 45.9 Å². The number of hydrogen-bond donors (Lipinski definition) is 0. The van der Waals surface area contributed by atoms with Gasteiger partial charge >= 0.3 is 0 Å². The van der Waals surface area contributed by atoms with Crippen molar-refractivity contribution in [1.82, 2.24) is 0 Å². The number of hydrogen-bond acceptors (Lipinski definition) is 1. The molecule has 1 atom stereocenters. The molecule has 1 aliphatic rings. The molecule has 0 aromatic heterocycles. The Hall–Kier alpha value is -0.980. The van der Waals surface area contributed by atoms with E-state index in [4.69, 9.17) is 4.74 Å². The summed E-state index contributed by atoms with van der Waals surface area (Å²) < 4.78 is 5.92. The zero-order valence-electron chi connectivity index (χ0n) is 11.5. The number of fused-ring (bicyclic) bond motifs is 1. The second kappa shape index (κ2) is 5.12. The highest BCUT2D eigenvalue weighted by molar-refractivity contribution is 5.45. The van der Waals surface area contributed by atoms with Crippen LogP contribution in [0.4, 0.5) is 0 Å². The lowest BCUT2D eigenvalue weighted by atomic mass is 9.80. The lowest BCUT2D eigenvalue weighted by Gasteiger charge is -2.25. The zero-order valence-corrected chi connectivity index (χ0v) is 11.5. The predicted octanol–water partition coefficient (Wildman–Crippen LogP) is 4.72. The van der Waals surface area contributed by atoms with Gasteiger partial charge in [-0.1, -0.05) is 39.8 Å². The third-order valence-corrected chi connectivity index (χ3v) is 3.81. The summed E-state index contributed by atoms with van der Waals surface area (Å²) in [6, 6.07) is 6.55. The summed E-state index contributed by atoms with van der Waals surface area (Å²) in [6.45, 7) is 10.1. The van der Waals surface area contributed by atoms with E-state index < -0.39 is 0 Å². The molecular weight excluding hydrogens is 208 g/mol. The van der Waals surface area contributed by atoms with Crippen LogP contribution in [0.15, 0.2) is 18.2 Å². The van der Waals surface area contributed by atoms with Crippen LogP contribution in [0.3, 0.4) is 0 Å². The molecule has 1 nitrogen and oxygen atoms in total. The Morgan fingerprint density at radius 3 is 2.59 bits per heavy atom. The van der Waals surface area contributed by atoms with Crippen LogP contribution in [0.1, 0.15) is 63.5 Å². The summed E-state index contributed by atoms with van der Waals surface area (Å²) in [5.74, 6) is 3.06. The Morgan fingerprint density at radius 2 is 1.94 bits per heavy atom. The van der Waals surface area contributed by atoms with E-state index in [1.165, 1.54) is 24.0 Å². The average molecular weight is 232 g/mol. The van der Waals surface area contributed by atoms with Gasteiger partial charge in [0.1, 0.15) is 5.75 Å². The third kappa shape index (κ3) is 2.48. The van der Waals surface area contributed by atoms with Gasteiger partial charge in [-0.05, 0) is 42.2 Å². The lowest BCUT2D eigenvalue weighted by molar-refractivity contribution is 0.314. The predicted molar refractivity (Wildman–Crippen MR) is 72.8 cm³/mol. The van der Waals surface area contributed by atoms with E-state index in [1.54, 1.807) is 0 Å². The Balaban J connectivity index is 2.52. The van der Waals surface area contributed by atoms with Gasteiger partial charge in [-0.25, -0.2) is 0 Å². The van der Waals surface area contributed by atoms with Gasteiger partial charge in [-0.3, -0.25) is 0 Å². The van der Waals surface area contributed by atoms with Crippen molar-refractivity contribution >= 4 is 0 Å². The van der Waals surface area contributed by atoms with Crippen molar-refractivity contribution in [3.63, 3.8) is 0 Å². The first-order valence-electron chi connectivity index (χ1n) is 6.87. The molecule has 0 saturated heterocycles. The lowest BCUT2D eigenvalue weighted by Crippen LogP contribution is -2.09. The van der Waals surface area contributed by atoms with Crippen molar-refractivity contribution in [2.75, 3.05) is 6.61 Å². The number of benzene rings is 1. The molecule has 1 heteroatoms. The standard InChI is InChI=1S/C16H24O/c1-11(2)13-7-5-9-15-16(13)14(12(3)4)8-6-10-17-15/h5,7,9,11-12,14H,6,8,10H2,1-4H3. The van der Waals surface area contributed by atoms with Crippen LogP contribution in [-0.4, -0.2) is 6.61 Å². The van der Waals surface area contributed by atoms with Crippen molar-refractivity contribution in [2.24, 2.45) is 5.92 Å². The number of rotatable bonds is 2. The van der Waals surface area contributed by atoms with Crippen LogP contribution in [-0.2, 0) is 0 Å². The summed E-state index contributed by atoms with van der Waals surface area (Å²) in [7, 11) is 0. The molecule has 1 heterocycles. The van der Waals surface area contributed by atoms with Crippen LogP contribution in [0, 0.1) is 5.92 Å². The highest BCUT2D eigenvalue weighted by Gasteiger charge is 2.25. The number of ether oxygens (including phenoxy) is 1. The third-order valence-electron chi connectivity index (χ3n) is 3.81. The highest BCUT2D eigenvalue weighted by atomic mass is 16.5. The van der Waals surface area contributed by atoms with Crippen LogP contribution < -0.4 is 4.74 Å². The van der Waals surface area contributed by atoms with E-state index in [0.29, 0.717) is 17.8 Å². The average Bonchev–Trinajstić information content (AvgIpc) is 2.50. The molecule has 0 amide bonds. The van der Waals surface area contributed by atoms with Crippen LogP contribution in [0.5, 0.6) is 5.75 Å². The monoisotopic (exact) mass is 232 g/mol. The van der Waals surface area contributed by atoms with Gasteiger partial charge in [0, 0.05) is 5.56 Å². The molecule has 0 radical (unpaired) electrons. The molecule has 17 heavy (non-hydrogen) atoms. The molecule has 0 spiro atoms. The van der Waals surface area contributed by atoms with Gasteiger partial charge in [0.05, 0.1) is 6.61 Å². The first-order chi connectivity index (χ1) is 8.11. The summed E-state index contributed by atoms with van der Waals surface area (Å²) in [5, 5.41) is 0. The van der Waals surface area contributed by atoms with Crippen molar-refractivity contribution in [3.05, 3.63) is 29.3 Å². The maximum atomic E-state index is 5.92. The summed E-state index contributed by atoms with van der Waals surface area (Å²) in [5.41, 5.74) is 2.96. The molecule has 1 aromatic carbocycles. The molecule has 0 saturated carbocycles. The Labute approximate surface area is 105 Å². The van der Waals surface area contributed by atoms with Gasteiger partial charge in [0.15, 0.2) is 0 Å². The minimum absolute atomic E-state index is 0.577. The van der Waals surface area contributed by atoms with Gasteiger partial charge in [0.25, 0.3) is 0 Å². The molecule has 2 rings (SSSR count). The van der Waals surface area contributed by atoms with Crippen molar-refractivity contribution in [1.29, 1.82) is 0 Å². The van der Waals surface area contributed by atoms with E-state index in [-0.39, 0.29) is 0 Å².